The third kappa shape index (κ3) is 2.38. The summed E-state index contributed by atoms with van der Waals surface area (Å²) in [7, 11) is 0. The van der Waals surface area contributed by atoms with Crippen LogP contribution in [0.5, 0.6) is 0 Å². The van der Waals surface area contributed by atoms with Gasteiger partial charge in [0.2, 0.25) is 5.91 Å². The van der Waals surface area contributed by atoms with Crippen molar-refractivity contribution in [2.75, 3.05) is 11.4 Å². The van der Waals surface area contributed by atoms with Gasteiger partial charge in [0.1, 0.15) is 0 Å². The number of hydrogen-bond donors (Lipinski definition) is 1. The molecule has 0 aromatic heterocycles. The molecular formula is C14H19ClN2O. The van der Waals surface area contributed by atoms with E-state index in [4.69, 9.17) is 11.6 Å². The molecule has 1 atom stereocenters. The SMILES string of the molecule is Cc1c(Cl)cccc1N1CC(C)(C)NC(C)C1=O. The Balaban J connectivity index is 2.42. The Morgan fingerprint density at radius 3 is 2.78 bits per heavy atom. The highest BCUT2D eigenvalue weighted by molar-refractivity contribution is 6.31. The van der Waals surface area contributed by atoms with Crippen LogP contribution in [-0.4, -0.2) is 24.0 Å². The third-order valence-corrected chi connectivity index (χ3v) is 3.74. The summed E-state index contributed by atoms with van der Waals surface area (Å²) in [6.07, 6.45) is 0. The van der Waals surface area contributed by atoms with Crippen molar-refractivity contribution in [2.24, 2.45) is 0 Å². The van der Waals surface area contributed by atoms with Crippen molar-refractivity contribution >= 4 is 23.2 Å². The molecule has 1 saturated heterocycles. The zero-order valence-corrected chi connectivity index (χ0v) is 12.0. The Morgan fingerprint density at radius 1 is 1.44 bits per heavy atom. The number of piperazine rings is 1. The molecule has 18 heavy (non-hydrogen) atoms. The van der Waals surface area contributed by atoms with E-state index in [0.717, 1.165) is 11.3 Å². The van der Waals surface area contributed by atoms with Gasteiger partial charge in [0.15, 0.2) is 0 Å². The monoisotopic (exact) mass is 266 g/mol. The first-order valence-corrected chi connectivity index (χ1v) is 6.54. The fourth-order valence-electron chi connectivity index (χ4n) is 2.49. The molecule has 0 bridgehead atoms. The minimum absolute atomic E-state index is 0.0952. The molecule has 4 heteroatoms. The maximum Gasteiger partial charge on any atom is 0.243 e. The van der Waals surface area contributed by atoms with Gasteiger partial charge in [-0.2, -0.15) is 0 Å². The number of hydrogen-bond acceptors (Lipinski definition) is 2. The van der Waals surface area contributed by atoms with Crippen molar-refractivity contribution in [1.29, 1.82) is 0 Å². The lowest BCUT2D eigenvalue weighted by molar-refractivity contribution is -0.122. The van der Waals surface area contributed by atoms with Crippen LogP contribution >= 0.6 is 11.6 Å². The zero-order chi connectivity index (χ0) is 13.5. The standard InChI is InChI=1S/C14H19ClN2O/c1-9-11(15)6-5-7-12(9)17-8-14(3,4)16-10(2)13(17)18/h5-7,10,16H,8H2,1-4H3. The van der Waals surface area contributed by atoms with Crippen molar-refractivity contribution < 1.29 is 4.79 Å². The second kappa shape index (κ2) is 4.56. The second-order valence-corrected chi connectivity index (χ2v) is 5.97. The number of benzene rings is 1. The molecule has 0 saturated carbocycles. The Bertz CT molecular complexity index is 485. The summed E-state index contributed by atoms with van der Waals surface area (Å²) in [5.74, 6) is 0.0969. The summed E-state index contributed by atoms with van der Waals surface area (Å²) < 4.78 is 0. The van der Waals surface area contributed by atoms with E-state index >= 15 is 0 Å². The third-order valence-electron chi connectivity index (χ3n) is 3.33. The van der Waals surface area contributed by atoms with Crippen LogP contribution in [0, 0.1) is 6.92 Å². The number of amides is 1. The van der Waals surface area contributed by atoms with Gasteiger partial charge in [-0.25, -0.2) is 0 Å². The van der Waals surface area contributed by atoms with Gasteiger partial charge in [0, 0.05) is 22.8 Å². The Labute approximate surface area is 113 Å². The van der Waals surface area contributed by atoms with Crippen LogP contribution in [0.2, 0.25) is 5.02 Å². The number of nitrogens with zero attached hydrogens (tertiary/aromatic N) is 1. The first-order chi connectivity index (χ1) is 8.32. The van der Waals surface area contributed by atoms with Crippen LogP contribution in [0.25, 0.3) is 0 Å². The molecular weight excluding hydrogens is 248 g/mol. The van der Waals surface area contributed by atoms with Gasteiger partial charge in [-0.3, -0.25) is 10.1 Å². The summed E-state index contributed by atoms with van der Waals surface area (Å²) in [5, 5.41) is 4.01. The minimum Gasteiger partial charge on any atom is -0.309 e. The number of rotatable bonds is 1. The smallest absolute Gasteiger partial charge is 0.243 e. The highest BCUT2D eigenvalue weighted by atomic mass is 35.5. The maximum atomic E-state index is 12.3. The molecule has 1 aromatic rings. The summed E-state index contributed by atoms with van der Waals surface area (Å²) in [6.45, 7) is 8.70. The molecule has 0 spiro atoms. The van der Waals surface area contributed by atoms with E-state index in [0.29, 0.717) is 11.6 Å². The van der Waals surface area contributed by atoms with Crippen molar-refractivity contribution in [2.45, 2.75) is 39.3 Å². The van der Waals surface area contributed by atoms with Gasteiger partial charge in [-0.1, -0.05) is 17.7 Å². The van der Waals surface area contributed by atoms with E-state index in [1.165, 1.54) is 0 Å². The highest BCUT2D eigenvalue weighted by Gasteiger charge is 2.36. The normalized spacial score (nSPS) is 23.3. The summed E-state index contributed by atoms with van der Waals surface area (Å²) >= 11 is 6.13. The van der Waals surface area contributed by atoms with Gasteiger partial charge in [-0.05, 0) is 45.4 Å². The van der Waals surface area contributed by atoms with E-state index in [2.05, 4.69) is 19.2 Å². The molecule has 1 N–H and O–H groups in total. The number of halogens is 1. The van der Waals surface area contributed by atoms with Crippen molar-refractivity contribution in [3.8, 4) is 0 Å². The molecule has 1 amide bonds. The lowest BCUT2D eigenvalue weighted by Gasteiger charge is -2.42. The van der Waals surface area contributed by atoms with E-state index in [-0.39, 0.29) is 17.5 Å². The van der Waals surface area contributed by atoms with E-state index in [1.54, 1.807) is 0 Å². The number of carbonyl (C=O) groups is 1. The van der Waals surface area contributed by atoms with Crippen molar-refractivity contribution in [3.05, 3.63) is 28.8 Å². The fourth-order valence-corrected chi connectivity index (χ4v) is 2.66. The first kappa shape index (κ1) is 13.4. The molecule has 0 radical (unpaired) electrons. The fraction of sp³-hybridized carbons (Fsp3) is 0.500. The zero-order valence-electron chi connectivity index (χ0n) is 11.2. The van der Waals surface area contributed by atoms with Crippen LogP contribution < -0.4 is 10.2 Å². The van der Waals surface area contributed by atoms with Gasteiger partial charge >= 0.3 is 0 Å². The molecule has 2 rings (SSSR count). The topological polar surface area (TPSA) is 32.3 Å². The van der Waals surface area contributed by atoms with Crippen molar-refractivity contribution in [3.63, 3.8) is 0 Å². The van der Waals surface area contributed by atoms with Gasteiger partial charge in [0.25, 0.3) is 0 Å². The lowest BCUT2D eigenvalue weighted by Crippen LogP contribution is -2.64. The minimum atomic E-state index is -0.174. The number of carbonyl (C=O) groups excluding carboxylic acids is 1. The summed E-state index contributed by atoms with van der Waals surface area (Å²) in [5.41, 5.74) is 1.77. The van der Waals surface area contributed by atoms with Crippen LogP contribution in [-0.2, 0) is 4.79 Å². The Hall–Kier alpha value is -1.06. The second-order valence-electron chi connectivity index (χ2n) is 5.56. The predicted molar refractivity (Wildman–Crippen MR) is 75.2 cm³/mol. The molecule has 1 unspecified atom stereocenters. The molecule has 1 aromatic carbocycles. The first-order valence-electron chi connectivity index (χ1n) is 6.16. The van der Waals surface area contributed by atoms with Crippen LogP contribution in [0.1, 0.15) is 26.3 Å². The summed E-state index contributed by atoms with van der Waals surface area (Å²) in [6, 6.07) is 5.51. The van der Waals surface area contributed by atoms with Gasteiger partial charge < -0.3 is 4.90 Å². The molecule has 3 nitrogen and oxygen atoms in total. The average molecular weight is 267 g/mol. The van der Waals surface area contributed by atoms with Crippen LogP contribution in [0.15, 0.2) is 18.2 Å². The van der Waals surface area contributed by atoms with Gasteiger partial charge in [-0.15, -0.1) is 0 Å². The van der Waals surface area contributed by atoms with E-state index < -0.39 is 0 Å². The molecule has 1 heterocycles. The highest BCUT2D eigenvalue weighted by Crippen LogP contribution is 2.29. The molecule has 98 valence electrons. The predicted octanol–water partition coefficient (Wildman–Crippen LogP) is 2.75. The molecule has 1 aliphatic heterocycles. The maximum absolute atomic E-state index is 12.3. The Kier molecular flexibility index (Phi) is 3.39. The van der Waals surface area contributed by atoms with Crippen molar-refractivity contribution in [1.82, 2.24) is 5.32 Å². The number of nitrogens with one attached hydrogen (secondary N) is 1. The summed E-state index contributed by atoms with van der Waals surface area (Å²) in [4.78, 5) is 14.1. The quantitative estimate of drug-likeness (QED) is 0.848. The largest absolute Gasteiger partial charge is 0.309 e. The molecule has 1 aliphatic rings. The Morgan fingerprint density at radius 2 is 2.11 bits per heavy atom. The average Bonchev–Trinajstić information content (AvgIpc) is 2.27. The van der Waals surface area contributed by atoms with Crippen LogP contribution in [0.3, 0.4) is 0 Å². The molecule has 1 fully saturated rings. The molecule has 0 aliphatic carbocycles. The van der Waals surface area contributed by atoms with Gasteiger partial charge in [0.05, 0.1) is 6.04 Å². The van der Waals surface area contributed by atoms with E-state index in [9.17, 15) is 4.79 Å². The van der Waals surface area contributed by atoms with E-state index in [1.807, 2.05) is 36.9 Å². The lowest BCUT2D eigenvalue weighted by atomic mass is 9.97. The number of anilines is 1. The van der Waals surface area contributed by atoms with Crippen LogP contribution in [0.4, 0.5) is 5.69 Å².